The number of ether oxygens (including phenoxy) is 1. The van der Waals surface area contributed by atoms with Gasteiger partial charge in [-0.1, -0.05) is 6.07 Å². The normalized spacial score (nSPS) is 14.5. The molecule has 0 aliphatic heterocycles. The Morgan fingerprint density at radius 2 is 2.29 bits per heavy atom. The number of amides is 1. The van der Waals surface area contributed by atoms with Crippen molar-refractivity contribution in [3.05, 3.63) is 28.2 Å². The SMILES string of the molecule is Cc1ccc(OCCC(=O)NC2CC2)c(Br)c1. The third-order valence-electron chi connectivity index (χ3n) is 2.62. The zero-order chi connectivity index (χ0) is 12.3. The minimum Gasteiger partial charge on any atom is -0.492 e. The molecule has 1 aliphatic rings. The Morgan fingerprint density at radius 3 is 2.94 bits per heavy atom. The van der Waals surface area contributed by atoms with E-state index in [1.54, 1.807) is 0 Å². The van der Waals surface area contributed by atoms with E-state index < -0.39 is 0 Å². The Labute approximate surface area is 110 Å². The van der Waals surface area contributed by atoms with Crippen molar-refractivity contribution < 1.29 is 9.53 Å². The molecule has 1 aromatic carbocycles. The molecule has 92 valence electrons. The molecule has 1 fully saturated rings. The smallest absolute Gasteiger partial charge is 0.223 e. The fourth-order valence-corrected chi connectivity index (χ4v) is 2.11. The van der Waals surface area contributed by atoms with Crippen molar-refractivity contribution in [3.63, 3.8) is 0 Å². The highest BCUT2D eigenvalue weighted by atomic mass is 79.9. The van der Waals surface area contributed by atoms with Gasteiger partial charge in [-0.25, -0.2) is 0 Å². The van der Waals surface area contributed by atoms with Gasteiger partial charge in [-0.3, -0.25) is 4.79 Å². The van der Waals surface area contributed by atoms with Crippen molar-refractivity contribution in [3.8, 4) is 5.75 Å². The average Bonchev–Trinajstić information content (AvgIpc) is 3.05. The van der Waals surface area contributed by atoms with E-state index in [0.29, 0.717) is 19.1 Å². The first kappa shape index (κ1) is 12.4. The molecule has 4 heteroatoms. The molecule has 0 spiro atoms. The highest BCUT2D eigenvalue weighted by Crippen LogP contribution is 2.25. The van der Waals surface area contributed by atoms with Crippen LogP contribution in [0.2, 0.25) is 0 Å². The van der Waals surface area contributed by atoms with Crippen LogP contribution in [0.4, 0.5) is 0 Å². The number of carbonyl (C=O) groups is 1. The predicted molar refractivity (Wildman–Crippen MR) is 70.2 cm³/mol. The Hall–Kier alpha value is -1.03. The standard InChI is InChI=1S/C13H16BrNO2/c1-9-2-5-12(11(14)8-9)17-7-6-13(16)15-10-3-4-10/h2,5,8,10H,3-4,6-7H2,1H3,(H,15,16). The summed E-state index contributed by atoms with van der Waals surface area (Å²) in [6.45, 7) is 2.44. The van der Waals surface area contributed by atoms with Crippen LogP contribution < -0.4 is 10.1 Å². The minimum atomic E-state index is 0.0794. The van der Waals surface area contributed by atoms with Crippen molar-refractivity contribution in [2.24, 2.45) is 0 Å². The van der Waals surface area contributed by atoms with Gasteiger partial charge in [-0.2, -0.15) is 0 Å². The second kappa shape index (κ2) is 5.54. The molecule has 0 atom stereocenters. The summed E-state index contributed by atoms with van der Waals surface area (Å²) in [5.41, 5.74) is 1.18. The van der Waals surface area contributed by atoms with Gasteiger partial charge in [-0.05, 0) is 53.4 Å². The van der Waals surface area contributed by atoms with Crippen LogP contribution in [-0.2, 0) is 4.79 Å². The van der Waals surface area contributed by atoms with Crippen molar-refractivity contribution in [2.75, 3.05) is 6.61 Å². The molecule has 0 bridgehead atoms. The lowest BCUT2D eigenvalue weighted by molar-refractivity contribution is -0.121. The molecule has 0 aromatic heterocycles. The molecule has 0 saturated heterocycles. The number of benzene rings is 1. The third kappa shape index (κ3) is 4.04. The average molecular weight is 298 g/mol. The first-order chi connectivity index (χ1) is 8.15. The molecule has 1 aromatic rings. The summed E-state index contributed by atoms with van der Waals surface area (Å²) >= 11 is 3.44. The molecular formula is C13H16BrNO2. The van der Waals surface area contributed by atoms with Gasteiger partial charge in [0.05, 0.1) is 17.5 Å². The van der Waals surface area contributed by atoms with Gasteiger partial charge < -0.3 is 10.1 Å². The predicted octanol–water partition coefficient (Wildman–Crippen LogP) is 2.81. The Balaban J connectivity index is 1.75. The fraction of sp³-hybridized carbons (Fsp3) is 0.462. The molecular weight excluding hydrogens is 282 g/mol. The van der Waals surface area contributed by atoms with Gasteiger partial charge in [0.15, 0.2) is 0 Å². The lowest BCUT2D eigenvalue weighted by Gasteiger charge is -2.08. The van der Waals surface area contributed by atoms with Crippen molar-refractivity contribution in [1.82, 2.24) is 5.32 Å². The van der Waals surface area contributed by atoms with Crippen LogP contribution in [0.1, 0.15) is 24.8 Å². The molecule has 1 N–H and O–H groups in total. The number of hydrogen-bond donors (Lipinski definition) is 1. The Kier molecular flexibility index (Phi) is 4.05. The summed E-state index contributed by atoms with van der Waals surface area (Å²) in [4.78, 5) is 11.4. The van der Waals surface area contributed by atoms with Crippen LogP contribution >= 0.6 is 15.9 Å². The summed E-state index contributed by atoms with van der Waals surface area (Å²) in [5.74, 6) is 0.866. The molecule has 1 amide bonds. The maximum absolute atomic E-state index is 11.4. The molecule has 0 heterocycles. The molecule has 3 nitrogen and oxygen atoms in total. The molecule has 17 heavy (non-hydrogen) atoms. The Bertz CT molecular complexity index is 416. The van der Waals surface area contributed by atoms with Crippen molar-refractivity contribution in [1.29, 1.82) is 0 Å². The largest absolute Gasteiger partial charge is 0.492 e. The van der Waals surface area contributed by atoms with Crippen LogP contribution in [0.25, 0.3) is 0 Å². The summed E-state index contributed by atoms with van der Waals surface area (Å²) in [5, 5.41) is 2.93. The first-order valence-corrected chi connectivity index (χ1v) is 6.63. The molecule has 2 rings (SSSR count). The zero-order valence-corrected chi connectivity index (χ0v) is 11.4. The van der Waals surface area contributed by atoms with E-state index in [2.05, 4.69) is 21.2 Å². The van der Waals surface area contributed by atoms with Crippen molar-refractivity contribution >= 4 is 21.8 Å². The lowest BCUT2D eigenvalue weighted by Crippen LogP contribution is -2.26. The van der Waals surface area contributed by atoms with Crippen LogP contribution in [0.15, 0.2) is 22.7 Å². The number of hydrogen-bond acceptors (Lipinski definition) is 2. The van der Waals surface area contributed by atoms with E-state index in [0.717, 1.165) is 23.1 Å². The van der Waals surface area contributed by atoms with E-state index in [9.17, 15) is 4.79 Å². The summed E-state index contributed by atoms with van der Waals surface area (Å²) < 4.78 is 6.49. The maximum Gasteiger partial charge on any atom is 0.223 e. The van der Waals surface area contributed by atoms with Gasteiger partial charge in [0.1, 0.15) is 5.75 Å². The topological polar surface area (TPSA) is 38.3 Å². The Morgan fingerprint density at radius 1 is 1.53 bits per heavy atom. The lowest BCUT2D eigenvalue weighted by atomic mass is 10.2. The summed E-state index contributed by atoms with van der Waals surface area (Å²) in [7, 11) is 0. The van der Waals surface area contributed by atoms with E-state index in [1.807, 2.05) is 25.1 Å². The number of carbonyl (C=O) groups excluding carboxylic acids is 1. The van der Waals surface area contributed by atoms with Gasteiger partial charge >= 0.3 is 0 Å². The number of halogens is 1. The van der Waals surface area contributed by atoms with Gasteiger partial charge in [0, 0.05) is 6.04 Å². The molecule has 0 radical (unpaired) electrons. The number of nitrogens with one attached hydrogen (secondary N) is 1. The molecule has 1 saturated carbocycles. The highest BCUT2D eigenvalue weighted by molar-refractivity contribution is 9.10. The van der Waals surface area contributed by atoms with Crippen LogP contribution in [-0.4, -0.2) is 18.6 Å². The van der Waals surface area contributed by atoms with Crippen LogP contribution in [0.5, 0.6) is 5.75 Å². The van der Waals surface area contributed by atoms with Crippen molar-refractivity contribution in [2.45, 2.75) is 32.2 Å². The maximum atomic E-state index is 11.4. The second-order valence-electron chi connectivity index (χ2n) is 4.37. The quantitative estimate of drug-likeness (QED) is 0.907. The monoisotopic (exact) mass is 297 g/mol. The minimum absolute atomic E-state index is 0.0794. The number of rotatable bonds is 5. The van der Waals surface area contributed by atoms with E-state index in [4.69, 9.17) is 4.74 Å². The zero-order valence-electron chi connectivity index (χ0n) is 9.83. The third-order valence-corrected chi connectivity index (χ3v) is 3.24. The van der Waals surface area contributed by atoms with Crippen LogP contribution in [0.3, 0.4) is 0 Å². The summed E-state index contributed by atoms with van der Waals surface area (Å²) in [6, 6.07) is 6.33. The van der Waals surface area contributed by atoms with Crippen LogP contribution in [0, 0.1) is 6.92 Å². The van der Waals surface area contributed by atoms with E-state index >= 15 is 0 Å². The van der Waals surface area contributed by atoms with E-state index in [1.165, 1.54) is 5.56 Å². The second-order valence-corrected chi connectivity index (χ2v) is 5.23. The molecule has 1 aliphatic carbocycles. The van der Waals surface area contributed by atoms with E-state index in [-0.39, 0.29) is 5.91 Å². The van der Waals surface area contributed by atoms with Gasteiger partial charge in [0.25, 0.3) is 0 Å². The fourth-order valence-electron chi connectivity index (χ4n) is 1.50. The van der Waals surface area contributed by atoms with Gasteiger partial charge in [0.2, 0.25) is 5.91 Å². The first-order valence-electron chi connectivity index (χ1n) is 5.83. The molecule has 0 unspecified atom stereocenters. The number of aryl methyl sites for hydroxylation is 1. The highest BCUT2D eigenvalue weighted by Gasteiger charge is 2.22. The summed E-state index contributed by atoms with van der Waals surface area (Å²) in [6.07, 6.45) is 2.66. The van der Waals surface area contributed by atoms with Gasteiger partial charge in [-0.15, -0.1) is 0 Å².